The molecule has 0 N–H and O–H groups in total. The van der Waals surface area contributed by atoms with E-state index in [1.165, 1.54) is 60.1 Å². The number of rotatable bonds is 3. The van der Waals surface area contributed by atoms with E-state index >= 15 is 0 Å². The standard InChI is InChI=1S/C13H9.C13H10.C9H7O.2ClH.Zr/c1-3-7-12-10(5-1)9-11-6-2-4-8-13(11)12;1-3-7-12(8-4-1)11-13-9-5-2-6-10-13;1-2-4-8(3-1)9-5-6-10-7-9;;;/h1-9H;1-10H;1,3,5-7H,2H2;2*1H;/q-1;;-1;;;+2. The van der Waals surface area contributed by atoms with Crippen LogP contribution in [0, 0.1) is 6.08 Å². The Morgan fingerprint density at radius 3 is 1.64 bits per heavy atom. The van der Waals surface area contributed by atoms with Crippen LogP contribution in [0.1, 0.15) is 23.1 Å². The Morgan fingerprint density at radius 1 is 0.667 bits per heavy atom. The second-order valence-electron chi connectivity index (χ2n) is 8.63. The van der Waals surface area contributed by atoms with E-state index in [2.05, 4.69) is 133 Å². The summed E-state index contributed by atoms with van der Waals surface area (Å²) in [6.45, 7) is 0. The van der Waals surface area contributed by atoms with E-state index in [1.807, 2.05) is 6.07 Å². The topological polar surface area (TPSA) is 13.1 Å². The van der Waals surface area contributed by atoms with E-state index in [0.717, 1.165) is 17.6 Å². The third kappa shape index (κ3) is 7.93. The summed E-state index contributed by atoms with van der Waals surface area (Å²) in [5, 5.41) is 5.39. The number of benzene rings is 4. The van der Waals surface area contributed by atoms with Gasteiger partial charge in [-0.05, 0) is 0 Å². The van der Waals surface area contributed by atoms with Crippen LogP contribution in [0.2, 0.25) is 0 Å². The number of allylic oxidation sites excluding steroid dienone is 4. The Balaban J connectivity index is 0.000000160. The zero-order chi connectivity index (χ0) is 25.3. The third-order valence-electron chi connectivity index (χ3n) is 6.17. The van der Waals surface area contributed by atoms with Gasteiger partial charge in [-0.15, -0.1) is 70.6 Å². The van der Waals surface area contributed by atoms with Crippen molar-refractivity contribution >= 4 is 55.1 Å². The molecule has 0 fully saturated rings. The fourth-order valence-electron chi connectivity index (χ4n) is 4.30. The molecule has 5 aromatic carbocycles. The van der Waals surface area contributed by atoms with Gasteiger partial charge in [0.15, 0.2) is 0 Å². The van der Waals surface area contributed by atoms with Crippen LogP contribution in [0.15, 0.2) is 150 Å². The van der Waals surface area contributed by atoms with Gasteiger partial charge in [0.1, 0.15) is 0 Å². The van der Waals surface area contributed by atoms with E-state index in [1.54, 1.807) is 12.5 Å². The molecule has 0 unspecified atom stereocenters. The van der Waals surface area contributed by atoms with E-state index in [0.29, 0.717) is 0 Å². The molecular formula is C35H28Cl2OZr. The number of hydrogen-bond acceptors (Lipinski definition) is 1. The molecule has 0 saturated carbocycles. The third-order valence-corrected chi connectivity index (χ3v) is 7.59. The van der Waals surface area contributed by atoms with Crippen LogP contribution in [0.3, 0.4) is 0 Å². The second-order valence-corrected chi connectivity index (χ2v) is 9.86. The molecule has 0 amide bonds. The summed E-state index contributed by atoms with van der Waals surface area (Å²) in [6.07, 6.45) is 11.7. The molecule has 1 aliphatic rings. The zero-order valence-electron chi connectivity index (χ0n) is 21.3. The average molecular weight is 627 g/mol. The van der Waals surface area contributed by atoms with Crippen molar-refractivity contribution in [2.75, 3.05) is 0 Å². The monoisotopic (exact) mass is 624 g/mol. The second kappa shape index (κ2) is 15.4. The summed E-state index contributed by atoms with van der Waals surface area (Å²) in [5.41, 5.74) is 4.93. The summed E-state index contributed by atoms with van der Waals surface area (Å²) in [5.74, 6) is 0. The first-order valence-corrected chi connectivity index (χ1v) is 13.5. The molecule has 0 aliphatic heterocycles. The van der Waals surface area contributed by atoms with Gasteiger partial charge in [-0.3, -0.25) is 0 Å². The van der Waals surface area contributed by atoms with Crippen molar-refractivity contribution in [3.05, 3.63) is 169 Å². The van der Waals surface area contributed by atoms with Crippen molar-refractivity contribution in [3.63, 3.8) is 0 Å². The van der Waals surface area contributed by atoms with Gasteiger partial charge in [0.2, 0.25) is 0 Å². The van der Waals surface area contributed by atoms with Crippen molar-refractivity contribution in [3.8, 4) is 0 Å². The van der Waals surface area contributed by atoms with Crippen LogP contribution >= 0.6 is 24.8 Å². The van der Waals surface area contributed by atoms with Crippen LogP contribution in [-0.2, 0) is 24.2 Å². The maximum absolute atomic E-state index is 4.93. The van der Waals surface area contributed by atoms with E-state index < -0.39 is 0 Å². The summed E-state index contributed by atoms with van der Waals surface area (Å²) < 4.78 is 6.35. The number of hydrogen-bond donors (Lipinski definition) is 0. The first-order valence-electron chi connectivity index (χ1n) is 12.3. The maximum Gasteiger partial charge on any atom is -0.0771 e. The number of fused-ring (bicyclic) bond motifs is 3. The smallest absolute Gasteiger partial charge is 0.0771 e. The van der Waals surface area contributed by atoms with Crippen molar-refractivity contribution in [1.82, 2.24) is 0 Å². The number of furan rings is 1. The van der Waals surface area contributed by atoms with Crippen LogP contribution in [-0.4, -0.2) is 3.21 Å². The minimum absolute atomic E-state index is 0. The molecule has 1 aromatic heterocycles. The summed E-state index contributed by atoms with van der Waals surface area (Å²) in [4.78, 5) is 0. The van der Waals surface area contributed by atoms with Crippen molar-refractivity contribution in [2.45, 2.75) is 6.42 Å². The van der Waals surface area contributed by atoms with Gasteiger partial charge in [-0.1, -0.05) is 54.4 Å². The zero-order valence-corrected chi connectivity index (χ0v) is 25.4. The largest absolute Gasteiger partial charge is 0.126 e. The Bertz CT molecular complexity index is 1560. The summed E-state index contributed by atoms with van der Waals surface area (Å²) >= 11 is 1.46. The molecule has 192 valence electrons. The summed E-state index contributed by atoms with van der Waals surface area (Å²) in [7, 11) is 0. The molecule has 4 heteroatoms. The van der Waals surface area contributed by atoms with Crippen LogP contribution in [0.25, 0.3) is 27.1 Å². The van der Waals surface area contributed by atoms with Crippen molar-refractivity contribution < 1.29 is 28.7 Å². The molecule has 0 saturated heterocycles. The van der Waals surface area contributed by atoms with Crippen LogP contribution in [0.5, 0.6) is 0 Å². The van der Waals surface area contributed by atoms with Gasteiger partial charge in [0.25, 0.3) is 0 Å². The fourth-order valence-corrected chi connectivity index (χ4v) is 5.12. The molecule has 39 heavy (non-hydrogen) atoms. The van der Waals surface area contributed by atoms with Crippen LogP contribution in [0.4, 0.5) is 0 Å². The minimum atomic E-state index is 0. The molecule has 0 radical (unpaired) electrons. The normalized spacial score (nSPS) is 11.3. The Morgan fingerprint density at radius 2 is 1.18 bits per heavy atom. The average Bonchev–Trinajstić information content (AvgIpc) is 3.75. The quantitative estimate of drug-likeness (QED) is 0.178. The SMILES string of the molecule is Cl.Cl.[C-]1=C(c2ccoc2)C=CC1.[Zr+2]=[C](c1ccccc1)c1ccccc1.c1ccc2c(c1)[cH-]c1ccccc12. The Hall–Kier alpha value is -3.16. The molecule has 6 aromatic rings. The number of halogens is 2. The first-order chi connectivity index (χ1) is 18.3. The molecule has 1 aliphatic carbocycles. The molecule has 0 bridgehead atoms. The fraction of sp³-hybridized carbons (Fsp3) is 0.0286. The van der Waals surface area contributed by atoms with Gasteiger partial charge in [0, 0.05) is 6.26 Å². The van der Waals surface area contributed by atoms with Crippen LogP contribution < -0.4 is 0 Å². The molecule has 0 spiro atoms. The van der Waals surface area contributed by atoms with E-state index in [4.69, 9.17) is 4.42 Å². The molecule has 0 atom stereocenters. The van der Waals surface area contributed by atoms with Gasteiger partial charge in [0.05, 0.1) is 6.26 Å². The van der Waals surface area contributed by atoms with E-state index in [-0.39, 0.29) is 24.8 Å². The maximum atomic E-state index is 4.93. The molecular weight excluding hydrogens is 599 g/mol. The predicted octanol–water partition coefficient (Wildman–Crippen LogP) is 9.78. The van der Waals surface area contributed by atoms with Crippen molar-refractivity contribution in [2.24, 2.45) is 0 Å². The predicted molar refractivity (Wildman–Crippen MR) is 167 cm³/mol. The molecule has 1 heterocycles. The van der Waals surface area contributed by atoms with Gasteiger partial charge < -0.3 is 4.42 Å². The first kappa shape index (κ1) is 30.4. The molecule has 7 rings (SSSR count). The minimum Gasteiger partial charge on any atom is -0.126 e. The Kier molecular flexibility index (Phi) is 12.0. The van der Waals surface area contributed by atoms with Gasteiger partial charge in [-0.2, -0.15) is 17.7 Å². The summed E-state index contributed by atoms with van der Waals surface area (Å²) in [6, 6.07) is 42.3. The van der Waals surface area contributed by atoms with Crippen molar-refractivity contribution in [1.29, 1.82) is 0 Å². The molecule has 1 nitrogen and oxygen atoms in total. The van der Waals surface area contributed by atoms with Gasteiger partial charge >= 0.3 is 99.2 Å². The van der Waals surface area contributed by atoms with E-state index in [9.17, 15) is 0 Å². The Labute approximate surface area is 257 Å². The van der Waals surface area contributed by atoms with Gasteiger partial charge in [-0.25, -0.2) is 0 Å².